The zero-order chi connectivity index (χ0) is 24.3. The number of nitrogens with zero attached hydrogens (tertiary/aromatic N) is 2. The first kappa shape index (κ1) is 25.6. The second kappa shape index (κ2) is 9.43. The van der Waals surface area contributed by atoms with Crippen LogP contribution in [0.4, 0.5) is 13.2 Å². The van der Waals surface area contributed by atoms with Gasteiger partial charge in [-0.05, 0) is 59.2 Å². The Hall–Kier alpha value is -2.69. The normalized spacial score (nSPS) is 12.7. The summed E-state index contributed by atoms with van der Waals surface area (Å²) in [6, 6.07) is 3.62. The van der Waals surface area contributed by atoms with Gasteiger partial charge in [0, 0.05) is 12.1 Å². The summed E-state index contributed by atoms with van der Waals surface area (Å²) in [6.07, 6.45) is -3.64. The van der Waals surface area contributed by atoms with Crippen molar-refractivity contribution >= 4 is 15.7 Å². The Morgan fingerprint density at radius 1 is 1.19 bits per heavy atom. The standard InChI is InChI=1S/C21H26F3N3O4S/c1-13(2)31-19-14(3)17(26-12-27-19)18(28)25-10-9-20(4,5)32(29,30)16-8-6-7-15(11-16)21(22,23)24/h6-8,11-13H,9-10H2,1-5H3,(H,25,28). The number of halogens is 3. The highest BCUT2D eigenvalue weighted by atomic mass is 32.2. The molecule has 176 valence electrons. The van der Waals surface area contributed by atoms with Crippen molar-refractivity contribution in [2.24, 2.45) is 0 Å². The number of carbonyl (C=O) groups excluding carboxylic acids is 1. The fourth-order valence-corrected chi connectivity index (χ4v) is 4.41. The number of aromatic nitrogens is 2. The maximum absolute atomic E-state index is 13.0. The molecule has 0 atom stereocenters. The number of carbonyl (C=O) groups is 1. The predicted octanol–water partition coefficient (Wildman–Crippen LogP) is 3.96. The lowest BCUT2D eigenvalue weighted by atomic mass is 10.1. The molecule has 7 nitrogen and oxygen atoms in total. The van der Waals surface area contributed by atoms with Crippen LogP contribution in [0.2, 0.25) is 0 Å². The summed E-state index contributed by atoms with van der Waals surface area (Å²) in [7, 11) is -4.11. The molecular weight excluding hydrogens is 447 g/mol. The summed E-state index contributed by atoms with van der Waals surface area (Å²) < 4.78 is 68.9. The molecule has 32 heavy (non-hydrogen) atoms. The molecule has 0 radical (unpaired) electrons. The predicted molar refractivity (Wildman–Crippen MR) is 112 cm³/mol. The Kier molecular flexibility index (Phi) is 7.54. The molecule has 2 aromatic rings. The summed E-state index contributed by atoms with van der Waals surface area (Å²) in [5.41, 5.74) is -0.509. The van der Waals surface area contributed by atoms with E-state index in [1.807, 2.05) is 13.8 Å². The molecular formula is C21H26F3N3O4S. The van der Waals surface area contributed by atoms with Crippen molar-refractivity contribution in [3.05, 3.63) is 47.4 Å². The van der Waals surface area contributed by atoms with Crippen LogP contribution in [0.5, 0.6) is 5.88 Å². The first-order valence-corrected chi connectivity index (χ1v) is 11.3. The fraction of sp³-hybridized carbons (Fsp3) is 0.476. The van der Waals surface area contributed by atoms with Crippen LogP contribution in [0.15, 0.2) is 35.5 Å². The molecule has 0 bridgehead atoms. The average Bonchev–Trinajstić information content (AvgIpc) is 2.68. The van der Waals surface area contributed by atoms with Crippen LogP contribution < -0.4 is 10.1 Å². The number of nitrogens with one attached hydrogen (secondary N) is 1. The smallest absolute Gasteiger partial charge is 0.416 e. The molecule has 11 heteroatoms. The molecule has 1 heterocycles. The van der Waals surface area contributed by atoms with E-state index in [4.69, 9.17) is 4.74 Å². The number of alkyl halides is 3. The van der Waals surface area contributed by atoms with Gasteiger partial charge in [0.15, 0.2) is 9.84 Å². The average molecular weight is 474 g/mol. The molecule has 0 saturated heterocycles. The molecule has 0 aliphatic heterocycles. The summed E-state index contributed by atoms with van der Waals surface area (Å²) in [5.74, 6) is -0.265. The van der Waals surface area contributed by atoms with E-state index in [0.29, 0.717) is 11.6 Å². The number of rotatable bonds is 8. The Labute approximate surface area is 185 Å². The second-order valence-corrected chi connectivity index (χ2v) is 10.7. The number of amides is 1. The SMILES string of the molecule is Cc1c(OC(C)C)ncnc1C(=O)NCCC(C)(C)S(=O)(=O)c1cccc(C(F)(F)F)c1. The number of benzene rings is 1. The molecule has 0 aliphatic carbocycles. The number of hydrogen-bond donors (Lipinski definition) is 1. The Morgan fingerprint density at radius 3 is 2.44 bits per heavy atom. The van der Waals surface area contributed by atoms with Gasteiger partial charge >= 0.3 is 6.18 Å². The third kappa shape index (κ3) is 5.76. The van der Waals surface area contributed by atoms with Crippen molar-refractivity contribution in [2.45, 2.75) is 63.0 Å². The highest BCUT2D eigenvalue weighted by Gasteiger charge is 2.38. The minimum Gasteiger partial charge on any atom is -0.475 e. The summed E-state index contributed by atoms with van der Waals surface area (Å²) in [5, 5.41) is 2.61. The van der Waals surface area contributed by atoms with E-state index in [2.05, 4.69) is 15.3 Å². The molecule has 1 N–H and O–H groups in total. The van der Waals surface area contributed by atoms with Gasteiger partial charge in [0.25, 0.3) is 5.91 Å². The third-order valence-electron chi connectivity index (χ3n) is 4.81. The van der Waals surface area contributed by atoms with Crippen molar-refractivity contribution in [1.29, 1.82) is 0 Å². The summed E-state index contributed by atoms with van der Waals surface area (Å²) in [4.78, 5) is 20.1. The van der Waals surface area contributed by atoms with E-state index < -0.39 is 37.1 Å². The first-order valence-electron chi connectivity index (χ1n) is 9.85. The quantitative estimate of drug-likeness (QED) is 0.623. The van der Waals surface area contributed by atoms with Crippen LogP contribution in [0.1, 0.15) is 55.7 Å². The van der Waals surface area contributed by atoms with Gasteiger partial charge in [-0.2, -0.15) is 13.2 Å². The van der Waals surface area contributed by atoms with Crippen LogP contribution in [-0.2, 0) is 16.0 Å². The molecule has 1 aromatic heterocycles. The molecule has 0 aliphatic rings. The maximum Gasteiger partial charge on any atom is 0.416 e. The van der Waals surface area contributed by atoms with Gasteiger partial charge in [-0.15, -0.1) is 0 Å². The van der Waals surface area contributed by atoms with E-state index in [9.17, 15) is 26.4 Å². The van der Waals surface area contributed by atoms with E-state index in [-0.39, 0.29) is 30.6 Å². The molecule has 1 amide bonds. The Morgan fingerprint density at radius 2 is 1.84 bits per heavy atom. The summed E-state index contributed by atoms with van der Waals surface area (Å²) in [6.45, 7) is 8.03. The van der Waals surface area contributed by atoms with E-state index in [1.165, 1.54) is 20.2 Å². The van der Waals surface area contributed by atoms with Crippen molar-refractivity contribution in [1.82, 2.24) is 15.3 Å². The highest BCUT2D eigenvalue weighted by molar-refractivity contribution is 7.92. The highest BCUT2D eigenvalue weighted by Crippen LogP contribution is 2.34. The molecule has 1 aromatic carbocycles. The van der Waals surface area contributed by atoms with Gasteiger partial charge in [0.2, 0.25) is 5.88 Å². The van der Waals surface area contributed by atoms with Gasteiger partial charge in [-0.25, -0.2) is 18.4 Å². The van der Waals surface area contributed by atoms with Crippen molar-refractivity contribution in [3.8, 4) is 5.88 Å². The molecule has 0 fully saturated rings. The topological polar surface area (TPSA) is 98.2 Å². The lowest BCUT2D eigenvalue weighted by molar-refractivity contribution is -0.137. The van der Waals surface area contributed by atoms with Crippen LogP contribution in [0.3, 0.4) is 0 Å². The zero-order valence-electron chi connectivity index (χ0n) is 18.4. The van der Waals surface area contributed by atoms with Gasteiger partial charge < -0.3 is 10.1 Å². The van der Waals surface area contributed by atoms with Gasteiger partial charge in [-0.3, -0.25) is 4.79 Å². The number of ether oxygens (including phenoxy) is 1. The van der Waals surface area contributed by atoms with Crippen molar-refractivity contribution < 1.29 is 31.1 Å². The van der Waals surface area contributed by atoms with E-state index in [1.54, 1.807) is 6.92 Å². The minimum atomic E-state index is -4.66. The zero-order valence-corrected chi connectivity index (χ0v) is 19.3. The minimum absolute atomic E-state index is 0.0310. The number of hydrogen-bond acceptors (Lipinski definition) is 6. The van der Waals surface area contributed by atoms with Gasteiger partial charge in [0.1, 0.15) is 12.0 Å². The maximum atomic E-state index is 13.0. The first-order chi connectivity index (χ1) is 14.7. The lowest BCUT2D eigenvalue weighted by Crippen LogP contribution is -2.37. The van der Waals surface area contributed by atoms with E-state index in [0.717, 1.165) is 18.2 Å². The molecule has 2 rings (SSSR count). The van der Waals surface area contributed by atoms with Crippen LogP contribution >= 0.6 is 0 Å². The molecule has 0 saturated carbocycles. The molecule has 0 spiro atoms. The van der Waals surface area contributed by atoms with Crippen LogP contribution in [0, 0.1) is 6.92 Å². The Bertz CT molecular complexity index is 1080. The summed E-state index contributed by atoms with van der Waals surface area (Å²) >= 11 is 0. The van der Waals surface area contributed by atoms with Gasteiger partial charge in [0.05, 0.1) is 21.3 Å². The third-order valence-corrected chi connectivity index (χ3v) is 7.35. The largest absolute Gasteiger partial charge is 0.475 e. The van der Waals surface area contributed by atoms with Crippen molar-refractivity contribution in [2.75, 3.05) is 6.54 Å². The van der Waals surface area contributed by atoms with Crippen molar-refractivity contribution in [3.63, 3.8) is 0 Å². The second-order valence-electron chi connectivity index (χ2n) is 8.11. The lowest BCUT2D eigenvalue weighted by Gasteiger charge is -2.25. The number of sulfone groups is 1. The monoisotopic (exact) mass is 473 g/mol. The van der Waals surface area contributed by atoms with Crippen LogP contribution in [0.25, 0.3) is 0 Å². The Balaban J connectivity index is 2.13. The molecule has 0 unspecified atom stereocenters. The van der Waals surface area contributed by atoms with E-state index >= 15 is 0 Å². The van der Waals surface area contributed by atoms with Gasteiger partial charge in [-0.1, -0.05) is 6.07 Å². The fourth-order valence-electron chi connectivity index (χ4n) is 2.86. The van der Waals surface area contributed by atoms with Crippen LogP contribution in [-0.4, -0.2) is 41.7 Å².